The first kappa shape index (κ1) is 19.6. The number of carbonyl (C=O) groups is 2. The summed E-state index contributed by atoms with van der Waals surface area (Å²) in [5, 5.41) is 7.68. The summed E-state index contributed by atoms with van der Waals surface area (Å²) >= 11 is 0. The second kappa shape index (κ2) is 7.99. The number of rotatable bonds is 5. The number of aromatic amines is 1. The maximum Gasteiger partial charge on any atom is 0.270 e. The maximum atomic E-state index is 12.8. The van der Waals surface area contributed by atoms with Crippen LogP contribution >= 0.6 is 0 Å². The summed E-state index contributed by atoms with van der Waals surface area (Å²) < 4.78 is 0. The van der Waals surface area contributed by atoms with E-state index in [2.05, 4.69) is 20.6 Å². The van der Waals surface area contributed by atoms with Crippen LogP contribution in [0, 0.1) is 6.92 Å². The van der Waals surface area contributed by atoms with Gasteiger partial charge >= 0.3 is 0 Å². The molecule has 0 aliphatic rings. The fourth-order valence-corrected chi connectivity index (χ4v) is 3.62. The topological polar surface area (TPSA) is 86.9 Å². The summed E-state index contributed by atoms with van der Waals surface area (Å²) in [6.45, 7) is 5.45. The SMILES string of the molecule is Cc1nc(C(=O)NC(C)C(=O)NC(C)c2ccccc2)cc2c1[nH]c1ccccc12. The number of hydrogen-bond donors (Lipinski definition) is 3. The van der Waals surface area contributed by atoms with Gasteiger partial charge in [0.25, 0.3) is 5.91 Å². The molecule has 2 aromatic carbocycles. The van der Waals surface area contributed by atoms with E-state index in [4.69, 9.17) is 0 Å². The highest BCUT2D eigenvalue weighted by molar-refractivity contribution is 6.10. The normalized spacial score (nSPS) is 13.2. The highest BCUT2D eigenvalue weighted by Crippen LogP contribution is 2.27. The molecule has 2 amide bonds. The minimum absolute atomic E-state index is 0.152. The van der Waals surface area contributed by atoms with Gasteiger partial charge in [-0.2, -0.15) is 0 Å². The molecule has 2 unspecified atom stereocenters. The molecule has 0 spiro atoms. The number of carbonyl (C=O) groups excluding carboxylic acids is 2. The Morgan fingerprint density at radius 3 is 2.40 bits per heavy atom. The Hall–Kier alpha value is -3.67. The Labute approximate surface area is 174 Å². The van der Waals surface area contributed by atoms with Gasteiger partial charge in [-0.05, 0) is 38.5 Å². The zero-order valence-corrected chi connectivity index (χ0v) is 17.2. The number of nitrogens with one attached hydrogen (secondary N) is 3. The van der Waals surface area contributed by atoms with E-state index in [1.54, 1.807) is 13.0 Å². The number of para-hydroxylation sites is 1. The predicted molar refractivity (Wildman–Crippen MR) is 118 cm³/mol. The molecule has 6 heteroatoms. The zero-order valence-electron chi connectivity index (χ0n) is 17.2. The van der Waals surface area contributed by atoms with Crippen molar-refractivity contribution in [3.8, 4) is 0 Å². The van der Waals surface area contributed by atoms with Crippen molar-refractivity contribution in [1.29, 1.82) is 0 Å². The molecule has 2 aromatic heterocycles. The molecule has 0 bridgehead atoms. The molecule has 0 saturated heterocycles. The largest absolute Gasteiger partial charge is 0.353 e. The summed E-state index contributed by atoms with van der Waals surface area (Å²) in [5.74, 6) is -0.620. The highest BCUT2D eigenvalue weighted by Gasteiger charge is 2.20. The average Bonchev–Trinajstić information content (AvgIpc) is 3.13. The van der Waals surface area contributed by atoms with Crippen molar-refractivity contribution in [3.05, 3.63) is 77.6 Å². The summed E-state index contributed by atoms with van der Waals surface area (Å²) in [4.78, 5) is 33.2. The van der Waals surface area contributed by atoms with Gasteiger partial charge in [-0.3, -0.25) is 9.59 Å². The van der Waals surface area contributed by atoms with Gasteiger partial charge < -0.3 is 15.6 Å². The number of fused-ring (bicyclic) bond motifs is 3. The number of nitrogens with zero attached hydrogens (tertiary/aromatic N) is 1. The lowest BCUT2D eigenvalue weighted by Gasteiger charge is -2.19. The van der Waals surface area contributed by atoms with Crippen LogP contribution in [0.4, 0.5) is 0 Å². The molecule has 30 heavy (non-hydrogen) atoms. The van der Waals surface area contributed by atoms with Gasteiger partial charge in [0.05, 0.1) is 17.3 Å². The van der Waals surface area contributed by atoms with Gasteiger partial charge in [-0.15, -0.1) is 0 Å². The summed E-state index contributed by atoms with van der Waals surface area (Å²) in [6, 6.07) is 18.6. The van der Waals surface area contributed by atoms with Crippen LogP contribution in [0.1, 0.15) is 41.6 Å². The van der Waals surface area contributed by atoms with Crippen molar-refractivity contribution in [3.63, 3.8) is 0 Å². The highest BCUT2D eigenvalue weighted by atomic mass is 16.2. The predicted octanol–water partition coefficient (Wildman–Crippen LogP) is 4.02. The van der Waals surface area contributed by atoms with Gasteiger partial charge in [0, 0.05) is 16.3 Å². The molecule has 4 rings (SSSR count). The van der Waals surface area contributed by atoms with E-state index >= 15 is 0 Å². The third kappa shape index (κ3) is 3.76. The van der Waals surface area contributed by atoms with Gasteiger partial charge in [-0.1, -0.05) is 48.5 Å². The second-order valence-corrected chi connectivity index (χ2v) is 7.52. The molecule has 0 aliphatic carbocycles. The van der Waals surface area contributed by atoms with Crippen LogP contribution in [0.5, 0.6) is 0 Å². The number of benzene rings is 2. The summed E-state index contributed by atoms with van der Waals surface area (Å²) in [6.07, 6.45) is 0. The number of amides is 2. The molecule has 0 radical (unpaired) electrons. The Morgan fingerprint density at radius 1 is 0.933 bits per heavy atom. The first-order valence-corrected chi connectivity index (χ1v) is 9.98. The van der Waals surface area contributed by atoms with E-state index in [1.807, 2.05) is 68.4 Å². The Balaban J connectivity index is 1.51. The number of pyridine rings is 1. The average molecular weight is 400 g/mol. The zero-order chi connectivity index (χ0) is 21.3. The van der Waals surface area contributed by atoms with Crippen LogP contribution in [-0.4, -0.2) is 27.8 Å². The lowest BCUT2D eigenvalue weighted by Crippen LogP contribution is -2.45. The number of aromatic nitrogens is 2. The van der Waals surface area contributed by atoms with Crippen molar-refractivity contribution >= 4 is 33.6 Å². The van der Waals surface area contributed by atoms with E-state index in [0.29, 0.717) is 5.69 Å². The smallest absolute Gasteiger partial charge is 0.270 e. The number of hydrogen-bond acceptors (Lipinski definition) is 3. The molecule has 4 aromatic rings. The molecule has 3 N–H and O–H groups in total. The van der Waals surface area contributed by atoms with Crippen molar-refractivity contribution in [2.45, 2.75) is 32.9 Å². The van der Waals surface area contributed by atoms with Crippen molar-refractivity contribution in [2.24, 2.45) is 0 Å². The lowest BCUT2D eigenvalue weighted by atomic mass is 10.1. The standard InChI is InChI=1S/C24H24N4O2/c1-14(17-9-5-4-6-10-17)26-23(29)16(3)27-24(30)21-13-19-18-11-7-8-12-20(18)28-22(19)15(2)25-21/h4-14,16,28H,1-3H3,(H,26,29)(H,27,30). The molecule has 6 nitrogen and oxygen atoms in total. The fourth-order valence-electron chi connectivity index (χ4n) is 3.62. The van der Waals surface area contributed by atoms with Crippen molar-refractivity contribution < 1.29 is 9.59 Å². The third-order valence-corrected chi connectivity index (χ3v) is 5.31. The van der Waals surface area contributed by atoms with E-state index < -0.39 is 6.04 Å². The van der Waals surface area contributed by atoms with Crippen LogP contribution in [0.25, 0.3) is 21.8 Å². The van der Waals surface area contributed by atoms with E-state index in [0.717, 1.165) is 33.1 Å². The maximum absolute atomic E-state index is 12.8. The molecular formula is C24H24N4O2. The molecule has 0 fully saturated rings. The van der Waals surface area contributed by atoms with Gasteiger partial charge in [0.2, 0.25) is 5.91 Å². The van der Waals surface area contributed by atoms with Crippen LogP contribution < -0.4 is 10.6 Å². The molecule has 2 heterocycles. The lowest BCUT2D eigenvalue weighted by molar-refractivity contribution is -0.123. The number of H-pyrrole nitrogens is 1. The molecular weight excluding hydrogens is 376 g/mol. The molecule has 0 saturated carbocycles. The Bertz CT molecular complexity index is 1230. The minimum Gasteiger partial charge on any atom is -0.353 e. The minimum atomic E-state index is -0.690. The summed E-state index contributed by atoms with van der Waals surface area (Å²) in [7, 11) is 0. The van der Waals surface area contributed by atoms with E-state index in [-0.39, 0.29) is 17.9 Å². The first-order chi connectivity index (χ1) is 14.4. The first-order valence-electron chi connectivity index (χ1n) is 9.98. The van der Waals surface area contributed by atoms with Gasteiger partial charge in [0.1, 0.15) is 11.7 Å². The van der Waals surface area contributed by atoms with Crippen LogP contribution in [0.3, 0.4) is 0 Å². The second-order valence-electron chi connectivity index (χ2n) is 7.52. The van der Waals surface area contributed by atoms with Crippen LogP contribution in [-0.2, 0) is 4.79 Å². The number of aryl methyl sites for hydroxylation is 1. The van der Waals surface area contributed by atoms with E-state index in [9.17, 15) is 9.59 Å². The Morgan fingerprint density at radius 2 is 1.63 bits per heavy atom. The Kier molecular flexibility index (Phi) is 5.23. The van der Waals surface area contributed by atoms with Crippen molar-refractivity contribution in [2.75, 3.05) is 0 Å². The van der Waals surface area contributed by atoms with Gasteiger partial charge in [-0.25, -0.2) is 4.98 Å². The molecule has 2 atom stereocenters. The van der Waals surface area contributed by atoms with Gasteiger partial charge in [0.15, 0.2) is 0 Å². The monoisotopic (exact) mass is 400 g/mol. The van der Waals surface area contributed by atoms with E-state index in [1.165, 1.54) is 0 Å². The summed E-state index contributed by atoms with van der Waals surface area (Å²) in [5.41, 5.74) is 3.95. The molecule has 0 aliphatic heterocycles. The van der Waals surface area contributed by atoms with Crippen LogP contribution in [0.2, 0.25) is 0 Å². The fraction of sp³-hybridized carbons (Fsp3) is 0.208. The third-order valence-electron chi connectivity index (χ3n) is 5.31. The van der Waals surface area contributed by atoms with Crippen LogP contribution in [0.15, 0.2) is 60.7 Å². The van der Waals surface area contributed by atoms with Crippen molar-refractivity contribution in [1.82, 2.24) is 20.6 Å². The quantitative estimate of drug-likeness (QED) is 0.473. The molecule has 152 valence electrons.